The van der Waals surface area contributed by atoms with E-state index in [1.807, 2.05) is 30.3 Å². The molecule has 184 valence electrons. The standard InChI is InChI=1S/C25H26ClN3O5S/c1-33-23-13-12-22(16-24(23)34-2)35(31,32)29(15-14-19-6-4-3-5-7-19)18-25(30)28-27-17-20-8-10-21(26)11-9-20/h3-13,16-17H,14-15,18H2,1-2H3,(H,28,30)/b27-17-. The second-order valence-corrected chi connectivity index (χ2v) is 9.81. The van der Waals surface area contributed by atoms with Crippen LogP contribution in [-0.2, 0) is 21.2 Å². The first-order chi connectivity index (χ1) is 16.8. The van der Waals surface area contributed by atoms with Crippen LogP contribution in [0.1, 0.15) is 11.1 Å². The molecule has 0 unspecified atom stereocenters. The van der Waals surface area contributed by atoms with Gasteiger partial charge in [0.2, 0.25) is 10.0 Å². The van der Waals surface area contributed by atoms with Gasteiger partial charge < -0.3 is 9.47 Å². The van der Waals surface area contributed by atoms with Gasteiger partial charge in [-0.25, -0.2) is 13.8 Å². The van der Waals surface area contributed by atoms with Crippen LogP contribution in [0.25, 0.3) is 0 Å². The van der Waals surface area contributed by atoms with Gasteiger partial charge in [0.1, 0.15) is 0 Å². The van der Waals surface area contributed by atoms with Gasteiger partial charge in [0.15, 0.2) is 11.5 Å². The van der Waals surface area contributed by atoms with Crippen molar-refractivity contribution in [1.82, 2.24) is 9.73 Å². The maximum absolute atomic E-state index is 13.5. The largest absolute Gasteiger partial charge is 0.493 e. The number of amides is 1. The predicted octanol–water partition coefficient (Wildman–Crippen LogP) is 3.74. The monoisotopic (exact) mass is 515 g/mol. The molecular weight excluding hydrogens is 490 g/mol. The molecule has 0 atom stereocenters. The SMILES string of the molecule is COc1ccc(S(=O)(=O)N(CCc2ccccc2)CC(=O)N/N=C\c2ccc(Cl)cc2)cc1OC. The highest BCUT2D eigenvalue weighted by Gasteiger charge is 2.27. The number of nitrogens with one attached hydrogen (secondary N) is 1. The Bertz CT molecular complexity index is 1270. The molecular formula is C25H26ClN3O5S. The molecule has 1 N–H and O–H groups in total. The lowest BCUT2D eigenvalue weighted by Crippen LogP contribution is -2.40. The molecule has 0 fully saturated rings. The lowest BCUT2D eigenvalue weighted by molar-refractivity contribution is -0.121. The second kappa shape index (κ2) is 12.3. The lowest BCUT2D eigenvalue weighted by Gasteiger charge is -2.22. The van der Waals surface area contributed by atoms with E-state index in [1.165, 1.54) is 38.6 Å². The normalized spacial score (nSPS) is 11.5. The second-order valence-electron chi connectivity index (χ2n) is 7.44. The zero-order chi connectivity index (χ0) is 25.3. The lowest BCUT2D eigenvalue weighted by atomic mass is 10.1. The molecule has 3 aromatic carbocycles. The van der Waals surface area contributed by atoms with Crippen LogP contribution < -0.4 is 14.9 Å². The average Bonchev–Trinajstić information content (AvgIpc) is 2.87. The molecule has 0 radical (unpaired) electrons. The molecule has 0 spiro atoms. The molecule has 0 saturated carbocycles. The summed E-state index contributed by atoms with van der Waals surface area (Å²) in [6.45, 7) is -0.323. The van der Waals surface area contributed by atoms with Crippen LogP contribution in [0.15, 0.2) is 82.8 Å². The Hall–Kier alpha value is -3.40. The highest BCUT2D eigenvalue weighted by atomic mass is 35.5. The van der Waals surface area contributed by atoms with E-state index in [2.05, 4.69) is 10.5 Å². The summed E-state index contributed by atoms with van der Waals surface area (Å²) < 4.78 is 38.5. The van der Waals surface area contributed by atoms with E-state index in [0.717, 1.165) is 15.4 Å². The number of benzene rings is 3. The van der Waals surface area contributed by atoms with Gasteiger partial charge in [0.05, 0.1) is 31.9 Å². The third kappa shape index (κ3) is 7.29. The molecule has 0 aliphatic heterocycles. The van der Waals surface area contributed by atoms with Crippen molar-refractivity contribution in [3.05, 3.63) is 88.9 Å². The van der Waals surface area contributed by atoms with Gasteiger partial charge in [-0.2, -0.15) is 9.41 Å². The maximum Gasteiger partial charge on any atom is 0.255 e. The number of sulfonamides is 1. The first-order valence-corrected chi connectivity index (χ1v) is 12.5. The summed E-state index contributed by atoms with van der Waals surface area (Å²) in [5, 5.41) is 4.51. The number of ether oxygens (including phenoxy) is 2. The average molecular weight is 516 g/mol. The molecule has 0 bridgehead atoms. The summed E-state index contributed by atoms with van der Waals surface area (Å²) in [5.41, 5.74) is 4.06. The Balaban J connectivity index is 1.79. The zero-order valence-electron chi connectivity index (χ0n) is 19.3. The Morgan fingerprint density at radius 2 is 1.69 bits per heavy atom. The van der Waals surface area contributed by atoms with Crippen LogP contribution in [0.4, 0.5) is 0 Å². The van der Waals surface area contributed by atoms with E-state index in [9.17, 15) is 13.2 Å². The minimum atomic E-state index is -4.04. The van der Waals surface area contributed by atoms with E-state index in [1.54, 1.807) is 24.3 Å². The predicted molar refractivity (Wildman–Crippen MR) is 136 cm³/mol. The third-order valence-electron chi connectivity index (χ3n) is 5.08. The Labute approximate surface area is 210 Å². The van der Waals surface area contributed by atoms with Crippen LogP contribution >= 0.6 is 11.6 Å². The first kappa shape index (κ1) is 26.2. The molecule has 0 heterocycles. The smallest absolute Gasteiger partial charge is 0.255 e. The Morgan fingerprint density at radius 3 is 2.34 bits per heavy atom. The summed E-state index contributed by atoms with van der Waals surface area (Å²) in [6.07, 6.45) is 1.88. The summed E-state index contributed by atoms with van der Waals surface area (Å²) in [7, 11) is -1.15. The van der Waals surface area contributed by atoms with Gasteiger partial charge in [-0.05, 0) is 41.8 Å². The van der Waals surface area contributed by atoms with Gasteiger partial charge in [-0.3, -0.25) is 4.79 Å². The van der Waals surface area contributed by atoms with Gasteiger partial charge in [-0.1, -0.05) is 54.1 Å². The molecule has 0 aliphatic carbocycles. The summed E-state index contributed by atoms with van der Waals surface area (Å²) in [4.78, 5) is 12.6. The van der Waals surface area contributed by atoms with Crippen molar-refractivity contribution in [1.29, 1.82) is 0 Å². The number of hydrogen-bond acceptors (Lipinski definition) is 6. The Kier molecular flexibility index (Phi) is 9.25. The number of carbonyl (C=O) groups excluding carboxylic acids is 1. The molecule has 35 heavy (non-hydrogen) atoms. The molecule has 8 nitrogen and oxygen atoms in total. The van der Waals surface area contributed by atoms with E-state index in [0.29, 0.717) is 17.2 Å². The maximum atomic E-state index is 13.5. The van der Waals surface area contributed by atoms with E-state index >= 15 is 0 Å². The summed E-state index contributed by atoms with van der Waals surface area (Å²) >= 11 is 5.87. The number of hydrogen-bond donors (Lipinski definition) is 1. The summed E-state index contributed by atoms with van der Waals surface area (Å²) in [6, 6.07) is 20.6. The van der Waals surface area contributed by atoms with Crippen LogP contribution in [-0.4, -0.2) is 52.2 Å². The van der Waals surface area contributed by atoms with Crippen molar-refractivity contribution in [3.8, 4) is 11.5 Å². The van der Waals surface area contributed by atoms with Gasteiger partial charge >= 0.3 is 0 Å². The van der Waals surface area contributed by atoms with Crippen LogP contribution in [0, 0.1) is 0 Å². The van der Waals surface area contributed by atoms with Crippen molar-refractivity contribution in [2.45, 2.75) is 11.3 Å². The number of carbonyl (C=O) groups is 1. The van der Waals surface area contributed by atoms with E-state index in [-0.39, 0.29) is 17.2 Å². The fourth-order valence-corrected chi connectivity index (χ4v) is 4.77. The van der Waals surface area contributed by atoms with Gasteiger partial charge in [0.25, 0.3) is 5.91 Å². The number of nitrogens with zero attached hydrogens (tertiary/aromatic N) is 2. The topological polar surface area (TPSA) is 97.3 Å². The minimum Gasteiger partial charge on any atom is -0.493 e. The van der Waals surface area contributed by atoms with Gasteiger partial charge in [-0.15, -0.1) is 0 Å². The number of rotatable bonds is 11. The highest BCUT2D eigenvalue weighted by Crippen LogP contribution is 2.30. The van der Waals surface area contributed by atoms with Gasteiger partial charge in [0, 0.05) is 17.6 Å². The number of methoxy groups -OCH3 is 2. The molecule has 0 aromatic heterocycles. The molecule has 3 aromatic rings. The molecule has 0 saturated heterocycles. The quantitative estimate of drug-likeness (QED) is 0.310. The van der Waals surface area contributed by atoms with Crippen LogP contribution in [0.2, 0.25) is 5.02 Å². The molecule has 1 amide bonds. The molecule has 0 aliphatic rings. The van der Waals surface area contributed by atoms with Crippen molar-refractivity contribution in [3.63, 3.8) is 0 Å². The van der Waals surface area contributed by atoms with Crippen LogP contribution in [0.5, 0.6) is 11.5 Å². The first-order valence-electron chi connectivity index (χ1n) is 10.7. The van der Waals surface area contributed by atoms with E-state index < -0.39 is 22.5 Å². The van der Waals surface area contributed by atoms with Crippen LogP contribution in [0.3, 0.4) is 0 Å². The Morgan fingerprint density at radius 1 is 1.00 bits per heavy atom. The molecule has 3 rings (SSSR count). The number of hydrazone groups is 1. The fourth-order valence-electron chi connectivity index (χ4n) is 3.23. The van der Waals surface area contributed by atoms with Crippen molar-refractivity contribution < 1.29 is 22.7 Å². The minimum absolute atomic E-state index is 0.0133. The number of halogens is 1. The fraction of sp³-hybridized carbons (Fsp3) is 0.200. The summed E-state index contributed by atoms with van der Waals surface area (Å²) in [5.74, 6) is 0.0949. The molecule has 10 heteroatoms. The third-order valence-corrected chi connectivity index (χ3v) is 7.17. The highest BCUT2D eigenvalue weighted by molar-refractivity contribution is 7.89. The van der Waals surface area contributed by atoms with Crippen molar-refractivity contribution in [2.75, 3.05) is 27.3 Å². The van der Waals surface area contributed by atoms with Crippen molar-refractivity contribution in [2.24, 2.45) is 5.10 Å². The van der Waals surface area contributed by atoms with Crippen molar-refractivity contribution >= 4 is 33.7 Å². The van der Waals surface area contributed by atoms with E-state index in [4.69, 9.17) is 21.1 Å². The zero-order valence-corrected chi connectivity index (χ0v) is 20.9.